The topological polar surface area (TPSA) is 117 Å². The maximum atomic E-state index is 12.6. The van der Waals surface area contributed by atoms with Gasteiger partial charge in [-0.15, -0.1) is 0 Å². The number of nitrogens with zero attached hydrogens (tertiary/aromatic N) is 1. The van der Waals surface area contributed by atoms with Crippen LogP contribution < -0.4 is 19.5 Å². The molecule has 0 aromatic heterocycles. The molecule has 1 N–H and O–H groups in total. The number of non-ortho nitro benzene ring substituents is 1. The van der Waals surface area contributed by atoms with E-state index in [0.717, 1.165) is 6.07 Å². The lowest BCUT2D eigenvalue weighted by atomic mass is 10.2. The second kappa shape index (κ2) is 9.40. The number of amides is 1. The van der Waals surface area contributed by atoms with Gasteiger partial charge in [0.05, 0.1) is 30.4 Å². The third kappa shape index (κ3) is 5.15. The van der Waals surface area contributed by atoms with Crippen molar-refractivity contribution >= 4 is 23.3 Å². The highest BCUT2D eigenvalue weighted by atomic mass is 16.6. The van der Waals surface area contributed by atoms with Crippen LogP contribution in [-0.2, 0) is 0 Å². The number of carbonyl (C=O) groups excluding carboxylic acids is 2. The summed E-state index contributed by atoms with van der Waals surface area (Å²) in [6, 6.07) is 16.1. The fourth-order valence-electron chi connectivity index (χ4n) is 2.64. The Labute approximate surface area is 177 Å². The molecule has 0 aliphatic carbocycles. The first-order valence-electron chi connectivity index (χ1n) is 9.01. The molecule has 0 radical (unpaired) electrons. The van der Waals surface area contributed by atoms with Gasteiger partial charge in [-0.1, -0.05) is 0 Å². The Morgan fingerprint density at radius 3 is 1.90 bits per heavy atom. The molecule has 9 heteroatoms. The Balaban J connectivity index is 1.86. The Morgan fingerprint density at radius 1 is 0.839 bits per heavy atom. The molecule has 0 bridgehead atoms. The van der Waals surface area contributed by atoms with Gasteiger partial charge in [0.25, 0.3) is 11.6 Å². The van der Waals surface area contributed by atoms with Crippen LogP contribution in [0.3, 0.4) is 0 Å². The van der Waals surface area contributed by atoms with E-state index in [1.165, 1.54) is 50.6 Å². The minimum Gasteiger partial charge on any atom is -0.497 e. The molecule has 3 aromatic carbocycles. The molecular formula is C22H18N2O7. The minimum absolute atomic E-state index is 0.0168. The summed E-state index contributed by atoms with van der Waals surface area (Å²) in [6.07, 6.45) is 0. The lowest BCUT2D eigenvalue weighted by Crippen LogP contribution is -2.15. The predicted molar refractivity (Wildman–Crippen MR) is 112 cm³/mol. The highest BCUT2D eigenvalue weighted by molar-refractivity contribution is 6.05. The number of ether oxygens (including phenoxy) is 3. The third-order valence-corrected chi connectivity index (χ3v) is 4.30. The van der Waals surface area contributed by atoms with Crippen LogP contribution in [0.1, 0.15) is 20.7 Å². The van der Waals surface area contributed by atoms with E-state index in [0.29, 0.717) is 17.1 Å². The van der Waals surface area contributed by atoms with Gasteiger partial charge in [-0.3, -0.25) is 14.9 Å². The van der Waals surface area contributed by atoms with Crippen LogP contribution in [0, 0.1) is 10.1 Å². The van der Waals surface area contributed by atoms with E-state index in [-0.39, 0.29) is 22.7 Å². The quantitative estimate of drug-likeness (QED) is 0.264. The number of nitro benzene ring substituents is 1. The van der Waals surface area contributed by atoms with Crippen molar-refractivity contribution in [3.63, 3.8) is 0 Å². The van der Waals surface area contributed by atoms with E-state index < -0.39 is 16.8 Å². The minimum atomic E-state index is -0.698. The van der Waals surface area contributed by atoms with Crippen molar-refractivity contribution in [2.75, 3.05) is 19.5 Å². The van der Waals surface area contributed by atoms with Gasteiger partial charge in [0.2, 0.25) is 0 Å². The lowest BCUT2D eigenvalue weighted by Gasteiger charge is -2.12. The first kappa shape index (κ1) is 21.3. The molecule has 0 saturated heterocycles. The summed E-state index contributed by atoms with van der Waals surface area (Å²) in [4.78, 5) is 35.6. The van der Waals surface area contributed by atoms with E-state index in [1.54, 1.807) is 24.3 Å². The van der Waals surface area contributed by atoms with Crippen molar-refractivity contribution in [1.82, 2.24) is 0 Å². The van der Waals surface area contributed by atoms with Gasteiger partial charge in [-0.2, -0.15) is 0 Å². The number of carbonyl (C=O) groups is 2. The fourth-order valence-corrected chi connectivity index (χ4v) is 2.64. The molecule has 0 saturated carbocycles. The van der Waals surface area contributed by atoms with Crippen LogP contribution >= 0.6 is 0 Å². The van der Waals surface area contributed by atoms with Crippen molar-refractivity contribution in [1.29, 1.82) is 0 Å². The predicted octanol–water partition coefficient (Wildman–Crippen LogP) is 4.08. The molecular weight excluding hydrogens is 404 g/mol. The zero-order valence-corrected chi connectivity index (χ0v) is 16.7. The zero-order valence-electron chi connectivity index (χ0n) is 16.7. The molecule has 1 amide bonds. The van der Waals surface area contributed by atoms with E-state index >= 15 is 0 Å². The lowest BCUT2D eigenvalue weighted by molar-refractivity contribution is -0.384. The molecule has 3 aromatic rings. The summed E-state index contributed by atoms with van der Waals surface area (Å²) in [5.74, 6) is -0.130. The number of anilines is 1. The summed E-state index contributed by atoms with van der Waals surface area (Å²) in [5, 5.41) is 13.7. The van der Waals surface area contributed by atoms with E-state index in [9.17, 15) is 19.7 Å². The van der Waals surface area contributed by atoms with Crippen LogP contribution in [-0.4, -0.2) is 31.0 Å². The summed E-state index contributed by atoms with van der Waals surface area (Å²) in [6.45, 7) is 0. The number of hydrogen-bond donors (Lipinski definition) is 1. The largest absolute Gasteiger partial charge is 0.497 e. The van der Waals surface area contributed by atoms with Crippen LogP contribution in [0.25, 0.3) is 0 Å². The van der Waals surface area contributed by atoms with E-state index in [2.05, 4.69) is 5.32 Å². The second-order valence-corrected chi connectivity index (χ2v) is 6.24. The molecule has 0 aliphatic rings. The van der Waals surface area contributed by atoms with Gasteiger partial charge in [0.15, 0.2) is 5.75 Å². The number of hydrogen-bond acceptors (Lipinski definition) is 7. The molecule has 31 heavy (non-hydrogen) atoms. The Bertz CT molecular complexity index is 1110. The van der Waals surface area contributed by atoms with E-state index in [1.807, 2.05) is 0 Å². The SMILES string of the molecule is COc1ccc(C(=O)Nc2cc([N+](=O)[O-])ccc2OC(=O)c2ccc(OC)cc2)cc1. The standard InChI is InChI=1S/C22H18N2O7/c1-29-17-8-3-14(4-9-17)21(25)23-19-13-16(24(27)28)7-12-20(19)31-22(26)15-5-10-18(30-2)11-6-15/h3-13H,1-2H3,(H,23,25). The van der Waals surface area contributed by atoms with Gasteiger partial charge in [0, 0.05) is 17.7 Å². The Morgan fingerprint density at radius 2 is 1.39 bits per heavy atom. The molecule has 0 unspecified atom stereocenters. The van der Waals surface area contributed by atoms with E-state index in [4.69, 9.17) is 14.2 Å². The molecule has 0 heterocycles. The van der Waals surface area contributed by atoms with Crippen molar-refractivity contribution in [2.24, 2.45) is 0 Å². The zero-order chi connectivity index (χ0) is 22.4. The number of benzene rings is 3. The number of methoxy groups -OCH3 is 2. The Kier molecular flexibility index (Phi) is 6.46. The smallest absolute Gasteiger partial charge is 0.343 e. The molecule has 158 valence electrons. The number of esters is 1. The van der Waals surface area contributed by atoms with Crippen LogP contribution in [0.15, 0.2) is 66.7 Å². The van der Waals surface area contributed by atoms with Crippen LogP contribution in [0.4, 0.5) is 11.4 Å². The summed E-state index contributed by atoms with van der Waals surface area (Å²) in [5.41, 5.74) is 0.248. The summed E-state index contributed by atoms with van der Waals surface area (Å²) >= 11 is 0. The van der Waals surface area contributed by atoms with Crippen molar-refractivity contribution in [3.8, 4) is 17.2 Å². The van der Waals surface area contributed by atoms with Crippen molar-refractivity contribution < 1.29 is 28.7 Å². The molecule has 0 fully saturated rings. The highest BCUT2D eigenvalue weighted by Crippen LogP contribution is 2.30. The first-order valence-corrected chi connectivity index (χ1v) is 9.01. The third-order valence-electron chi connectivity index (χ3n) is 4.30. The maximum absolute atomic E-state index is 12.6. The van der Waals surface area contributed by atoms with Gasteiger partial charge in [-0.05, 0) is 54.6 Å². The summed E-state index contributed by atoms with van der Waals surface area (Å²) in [7, 11) is 3.00. The molecule has 9 nitrogen and oxygen atoms in total. The summed E-state index contributed by atoms with van der Waals surface area (Å²) < 4.78 is 15.5. The normalized spacial score (nSPS) is 10.1. The van der Waals surface area contributed by atoms with Gasteiger partial charge >= 0.3 is 5.97 Å². The van der Waals surface area contributed by atoms with Crippen LogP contribution in [0.2, 0.25) is 0 Å². The molecule has 0 spiro atoms. The van der Waals surface area contributed by atoms with Crippen molar-refractivity contribution in [2.45, 2.75) is 0 Å². The Hall–Kier alpha value is -4.40. The molecule has 0 atom stereocenters. The maximum Gasteiger partial charge on any atom is 0.343 e. The highest BCUT2D eigenvalue weighted by Gasteiger charge is 2.18. The van der Waals surface area contributed by atoms with Crippen LogP contribution in [0.5, 0.6) is 17.2 Å². The second-order valence-electron chi connectivity index (χ2n) is 6.24. The molecule has 3 rings (SSSR count). The van der Waals surface area contributed by atoms with Crippen molar-refractivity contribution in [3.05, 3.63) is 88.0 Å². The number of rotatable bonds is 7. The van der Waals surface area contributed by atoms with Gasteiger partial charge in [0.1, 0.15) is 11.5 Å². The average molecular weight is 422 g/mol. The average Bonchev–Trinajstić information content (AvgIpc) is 2.80. The van der Waals surface area contributed by atoms with Gasteiger partial charge < -0.3 is 19.5 Å². The monoisotopic (exact) mass is 422 g/mol. The number of nitro groups is 1. The first-order chi connectivity index (χ1) is 14.9. The fraction of sp³-hybridized carbons (Fsp3) is 0.0909. The van der Waals surface area contributed by atoms with Gasteiger partial charge in [-0.25, -0.2) is 4.79 Å². The molecule has 0 aliphatic heterocycles. The number of nitrogens with one attached hydrogen (secondary N) is 1.